The fourth-order valence-electron chi connectivity index (χ4n) is 3.85. The van der Waals surface area contributed by atoms with Crippen LogP contribution in [0, 0.1) is 11.3 Å². The molecule has 23 heavy (non-hydrogen) atoms. The lowest BCUT2D eigenvalue weighted by Crippen LogP contribution is -2.48. The normalized spacial score (nSPS) is 29.7. The smallest absolute Gasteiger partial charge is 0.229 e. The van der Waals surface area contributed by atoms with Gasteiger partial charge in [0.2, 0.25) is 5.91 Å². The van der Waals surface area contributed by atoms with E-state index < -0.39 is 0 Å². The van der Waals surface area contributed by atoms with Crippen molar-refractivity contribution in [3.8, 4) is 0 Å². The molecule has 1 amide bonds. The van der Waals surface area contributed by atoms with Gasteiger partial charge in [-0.1, -0.05) is 0 Å². The van der Waals surface area contributed by atoms with Gasteiger partial charge >= 0.3 is 0 Å². The second-order valence-corrected chi connectivity index (χ2v) is 7.14. The molecule has 136 valence electrons. The molecule has 0 spiro atoms. The van der Waals surface area contributed by atoms with Crippen molar-refractivity contribution in [1.29, 1.82) is 0 Å². The molecule has 1 atom stereocenters. The van der Waals surface area contributed by atoms with E-state index >= 15 is 0 Å². The van der Waals surface area contributed by atoms with E-state index in [0.29, 0.717) is 5.91 Å². The maximum atomic E-state index is 12.7. The van der Waals surface area contributed by atoms with Crippen molar-refractivity contribution in [3.05, 3.63) is 0 Å². The summed E-state index contributed by atoms with van der Waals surface area (Å²) in [5.74, 6) is 1.12. The van der Waals surface area contributed by atoms with E-state index in [1.54, 1.807) is 0 Å². The van der Waals surface area contributed by atoms with Crippen molar-refractivity contribution in [1.82, 2.24) is 15.1 Å². The summed E-state index contributed by atoms with van der Waals surface area (Å²) in [6.07, 6.45) is 3.30. The molecule has 1 N–H and O–H groups in total. The molecule has 3 saturated heterocycles. The van der Waals surface area contributed by atoms with Crippen LogP contribution in [0.25, 0.3) is 0 Å². The second kappa shape index (κ2) is 9.42. The fraction of sp³-hybridized carbons (Fsp3) is 0.938. The van der Waals surface area contributed by atoms with Gasteiger partial charge in [-0.2, -0.15) is 0 Å². The first-order valence-electron chi connectivity index (χ1n) is 8.48. The van der Waals surface area contributed by atoms with E-state index in [1.165, 1.54) is 6.54 Å². The molecule has 3 fully saturated rings. The van der Waals surface area contributed by atoms with Gasteiger partial charge in [-0.3, -0.25) is 9.69 Å². The molecule has 3 aliphatic heterocycles. The molecule has 3 heterocycles. The summed E-state index contributed by atoms with van der Waals surface area (Å²) >= 11 is 0. The van der Waals surface area contributed by atoms with E-state index in [4.69, 9.17) is 4.74 Å². The second-order valence-electron chi connectivity index (χ2n) is 7.14. The highest BCUT2D eigenvalue weighted by molar-refractivity contribution is 5.85. The first kappa shape index (κ1) is 21.0. The Morgan fingerprint density at radius 3 is 2.39 bits per heavy atom. The number of amides is 1. The Morgan fingerprint density at radius 2 is 1.83 bits per heavy atom. The van der Waals surface area contributed by atoms with Gasteiger partial charge in [0, 0.05) is 39.3 Å². The average molecular weight is 368 g/mol. The summed E-state index contributed by atoms with van der Waals surface area (Å²) in [4.78, 5) is 17.3. The minimum atomic E-state index is -0.156. The Morgan fingerprint density at radius 1 is 1.17 bits per heavy atom. The predicted molar refractivity (Wildman–Crippen MR) is 96.7 cm³/mol. The van der Waals surface area contributed by atoms with Crippen molar-refractivity contribution < 1.29 is 9.53 Å². The summed E-state index contributed by atoms with van der Waals surface area (Å²) in [7, 11) is 0. The maximum Gasteiger partial charge on any atom is 0.229 e. The highest BCUT2D eigenvalue weighted by Gasteiger charge is 2.40. The molecule has 3 rings (SSSR count). The molecular formula is C16H31Cl2N3O2. The van der Waals surface area contributed by atoms with Crippen LogP contribution in [0.2, 0.25) is 0 Å². The molecule has 0 bridgehead atoms. The number of ether oxygens (including phenoxy) is 1. The van der Waals surface area contributed by atoms with Gasteiger partial charge in [0.15, 0.2) is 0 Å². The minimum Gasteiger partial charge on any atom is -0.379 e. The van der Waals surface area contributed by atoms with Crippen LogP contribution in [0.5, 0.6) is 0 Å². The Balaban J connectivity index is 0.00000132. The van der Waals surface area contributed by atoms with Crippen LogP contribution in [0.4, 0.5) is 0 Å². The van der Waals surface area contributed by atoms with Crippen molar-refractivity contribution in [2.45, 2.75) is 26.2 Å². The summed E-state index contributed by atoms with van der Waals surface area (Å²) in [6.45, 7) is 10.9. The summed E-state index contributed by atoms with van der Waals surface area (Å²) in [5, 5.41) is 3.33. The van der Waals surface area contributed by atoms with Crippen LogP contribution >= 0.6 is 24.8 Å². The van der Waals surface area contributed by atoms with Gasteiger partial charge in [0.25, 0.3) is 0 Å². The zero-order chi connectivity index (χ0) is 14.7. The number of carbonyl (C=O) groups is 1. The molecule has 3 aliphatic rings. The summed E-state index contributed by atoms with van der Waals surface area (Å²) in [6, 6.07) is 0. The SMILES string of the molecule is CC1(C(=O)N2CCC(CN3CCOCC3)CC2)CCNC1.Cl.Cl. The standard InChI is InChI=1S/C16H29N3O2.2ClH/c1-16(4-5-17-13-16)15(20)19-6-2-14(3-7-19)12-18-8-10-21-11-9-18;;/h14,17H,2-13H2,1H3;2*1H. The fourth-order valence-corrected chi connectivity index (χ4v) is 3.85. The van der Waals surface area contributed by atoms with E-state index in [2.05, 4.69) is 22.0 Å². The number of carbonyl (C=O) groups excluding carboxylic acids is 1. The van der Waals surface area contributed by atoms with Crippen LogP contribution in [0.3, 0.4) is 0 Å². The number of hydrogen-bond donors (Lipinski definition) is 1. The summed E-state index contributed by atoms with van der Waals surface area (Å²) < 4.78 is 5.40. The number of morpholine rings is 1. The number of piperidine rings is 1. The van der Waals surface area contributed by atoms with Crippen LogP contribution in [0.1, 0.15) is 26.2 Å². The van der Waals surface area contributed by atoms with E-state index in [0.717, 1.165) is 77.7 Å². The first-order valence-corrected chi connectivity index (χ1v) is 8.48. The largest absolute Gasteiger partial charge is 0.379 e. The van der Waals surface area contributed by atoms with Crippen LogP contribution in [-0.4, -0.2) is 74.7 Å². The van der Waals surface area contributed by atoms with Crippen molar-refractivity contribution in [2.75, 3.05) is 59.0 Å². The number of rotatable bonds is 3. The number of nitrogens with zero attached hydrogens (tertiary/aromatic N) is 2. The molecule has 5 nitrogen and oxygen atoms in total. The van der Waals surface area contributed by atoms with E-state index in [1.807, 2.05) is 0 Å². The minimum absolute atomic E-state index is 0. The molecule has 0 aromatic carbocycles. The number of halogens is 2. The van der Waals surface area contributed by atoms with Crippen molar-refractivity contribution in [3.63, 3.8) is 0 Å². The van der Waals surface area contributed by atoms with Crippen LogP contribution < -0.4 is 5.32 Å². The van der Waals surface area contributed by atoms with Crippen molar-refractivity contribution >= 4 is 30.7 Å². The number of likely N-dealkylation sites (tertiary alicyclic amines) is 1. The molecular weight excluding hydrogens is 337 g/mol. The Bertz CT molecular complexity index is 364. The van der Waals surface area contributed by atoms with Gasteiger partial charge in [-0.15, -0.1) is 24.8 Å². The number of nitrogens with one attached hydrogen (secondary N) is 1. The topological polar surface area (TPSA) is 44.8 Å². The Labute approximate surface area is 152 Å². The highest BCUT2D eigenvalue weighted by Crippen LogP contribution is 2.29. The van der Waals surface area contributed by atoms with Crippen LogP contribution in [0.15, 0.2) is 0 Å². The van der Waals surface area contributed by atoms with Crippen molar-refractivity contribution in [2.24, 2.45) is 11.3 Å². The first-order chi connectivity index (χ1) is 10.2. The molecule has 0 aromatic rings. The summed E-state index contributed by atoms with van der Waals surface area (Å²) in [5.41, 5.74) is -0.156. The lowest BCUT2D eigenvalue weighted by Gasteiger charge is -2.38. The third-order valence-corrected chi connectivity index (χ3v) is 5.41. The zero-order valence-electron chi connectivity index (χ0n) is 14.1. The number of hydrogen-bond acceptors (Lipinski definition) is 4. The molecule has 0 saturated carbocycles. The average Bonchev–Trinajstić information content (AvgIpc) is 2.96. The zero-order valence-corrected chi connectivity index (χ0v) is 15.7. The Hall–Kier alpha value is -0.0700. The molecule has 0 aromatic heterocycles. The van der Waals surface area contributed by atoms with Gasteiger partial charge < -0.3 is 15.0 Å². The molecule has 0 aliphatic carbocycles. The quantitative estimate of drug-likeness (QED) is 0.818. The lowest BCUT2D eigenvalue weighted by atomic mass is 9.86. The van der Waals surface area contributed by atoms with Crippen LogP contribution in [-0.2, 0) is 9.53 Å². The molecule has 1 unspecified atom stereocenters. The van der Waals surface area contributed by atoms with Gasteiger partial charge in [0.1, 0.15) is 0 Å². The monoisotopic (exact) mass is 367 g/mol. The third-order valence-electron chi connectivity index (χ3n) is 5.41. The Kier molecular flexibility index (Phi) is 8.59. The molecule has 7 heteroatoms. The van der Waals surface area contributed by atoms with Gasteiger partial charge in [-0.25, -0.2) is 0 Å². The van der Waals surface area contributed by atoms with Gasteiger partial charge in [0.05, 0.1) is 18.6 Å². The predicted octanol–water partition coefficient (Wildman–Crippen LogP) is 1.40. The maximum absolute atomic E-state index is 12.7. The van der Waals surface area contributed by atoms with E-state index in [9.17, 15) is 4.79 Å². The van der Waals surface area contributed by atoms with E-state index in [-0.39, 0.29) is 30.2 Å². The molecule has 0 radical (unpaired) electrons. The third kappa shape index (κ3) is 5.20. The lowest BCUT2D eigenvalue weighted by molar-refractivity contribution is -0.141. The highest BCUT2D eigenvalue weighted by atomic mass is 35.5. The van der Waals surface area contributed by atoms with Gasteiger partial charge in [-0.05, 0) is 38.6 Å².